The molecule has 0 aromatic rings. The Bertz CT molecular complexity index is 136. The zero-order valence-electron chi connectivity index (χ0n) is 5.29. The fraction of sp³-hybridized carbons (Fsp3) is 0. The third-order valence-corrected chi connectivity index (χ3v) is 0. The molecule has 0 rings (SSSR count). The maximum absolute atomic E-state index is 9.05. The monoisotopic (exact) mass is 483 g/mol. The number of hydrogen-bond donors (Lipinski definition) is 0. The molecule has 0 aliphatic heterocycles. The van der Waals surface area contributed by atoms with Crippen molar-refractivity contribution < 1.29 is 80.6 Å². The Hall–Kier alpha value is 3.22. The predicted octanol–water partition coefficient (Wildman–Crippen LogP) is -6.18. The molecular formula is Mn3O6P2Se2. The average Bonchev–Trinajstić information content (AvgIpc) is 1.12. The van der Waals surface area contributed by atoms with E-state index in [4.69, 9.17) is 29.4 Å². The summed E-state index contributed by atoms with van der Waals surface area (Å²) < 4.78 is 0. The Morgan fingerprint density at radius 2 is 0.538 bits per heavy atom. The van der Waals surface area contributed by atoms with Crippen LogP contribution < -0.4 is 29.4 Å². The van der Waals surface area contributed by atoms with Crippen LogP contribution in [0.1, 0.15) is 0 Å². The second-order valence-corrected chi connectivity index (χ2v) is 8.31. The standard InChI is InChI=1S/3Mn.2H3O3PSe/c;;;2*1-4(2,3)5/h;;;2*(H3,1,2,3,5)/q3*+2;;/p-6. The van der Waals surface area contributed by atoms with Crippen molar-refractivity contribution >= 4 is 42.6 Å². The third kappa shape index (κ3) is 257. The zero-order valence-corrected chi connectivity index (χ0v) is 14.1. The fourth-order valence-corrected chi connectivity index (χ4v) is 0. The van der Waals surface area contributed by atoms with Crippen LogP contribution in [0.5, 0.6) is 0 Å². The summed E-state index contributed by atoms with van der Waals surface area (Å²) in [5, 5.41) is 0. The molecule has 0 saturated heterocycles. The van der Waals surface area contributed by atoms with E-state index in [0.717, 1.165) is 0 Å². The van der Waals surface area contributed by atoms with Gasteiger partial charge in [-0.15, -0.1) is 0 Å². The summed E-state index contributed by atoms with van der Waals surface area (Å²) in [4.78, 5) is 54.3. The molecule has 13 heteroatoms. The van der Waals surface area contributed by atoms with Gasteiger partial charge in [0.25, 0.3) is 0 Å². The molecule has 0 heterocycles. The molecule has 0 fully saturated rings. The molecule has 0 amide bonds. The van der Waals surface area contributed by atoms with Gasteiger partial charge in [-0.2, -0.15) is 0 Å². The van der Waals surface area contributed by atoms with Crippen molar-refractivity contribution in [3.8, 4) is 0 Å². The summed E-state index contributed by atoms with van der Waals surface area (Å²) in [6, 6.07) is 0. The van der Waals surface area contributed by atoms with Gasteiger partial charge in [0.15, 0.2) is 0 Å². The number of hydrogen-bond acceptors (Lipinski definition) is 6. The van der Waals surface area contributed by atoms with E-state index in [1.807, 2.05) is 0 Å². The van der Waals surface area contributed by atoms with Crippen LogP contribution in [0.3, 0.4) is 0 Å². The molecule has 0 aliphatic carbocycles. The van der Waals surface area contributed by atoms with E-state index in [2.05, 4.69) is 0 Å². The van der Waals surface area contributed by atoms with E-state index in [1.165, 1.54) is 30.2 Å². The first-order chi connectivity index (χ1) is 4.00. The molecule has 0 unspecified atom stereocenters. The molecule has 0 N–H and O–H groups in total. The van der Waals surface area contributed by atoms with Gasteiger partial charge in [-0.1, -0.05) is 0 Å². The van der Waals surface area contributed by atoms with Crippen LogP contribution in [0, 0.1) is 0 Å². The quantitative estimate of drug-likeness (QED) is 0.250. The molecule has 0 aromatic carbocycles. The van der Waals surface area contributed by atoms with Crippen molar-refractivity contribution in [2.75, 3.05) is 0 Å². The van der Waals surface area contributed by atoms with Crippen molar-refractivity contribution in [2.45, 2.75) is 0 Å². The van der Waals surface area contributed by atoms with Gasteiger partial charge in [0.05, 0.1) is 0 Å². The van der Waals surface area contributed by atoms with Crippen molar-refractivity contribution in [1.29, 1.82) is 0 Å². The molecule has 0 atom stereocenters. The van der Waals surface area contributed by atoms with E-state index in [-0.39, 0.29) is 51.2 Å². The molecule has 0 bridgehead atoms. The molecular weight excluding hydrogens is 481 g/mol. The second kappa shape index (κ2) is 13.3. The summed E-state index contributed by atoms with van der Waals surface area (Å²) in [5.74, 6) is 0. The van der Waals surface area contributed by atoms with E-state index < -0.39 is 12.4 Å². The van der Waals surface area contributed by atoms with Crippen LogP contribution in [-0.4, -0.2) is 30.2 Å². The summed E-state index contributed by atoms with van der Waals surface area (Å²) in [6.07, 6.45) is -8.53. The van der Waals surface area contributed by atoms with E-state index in [0.29, 0.717) is 0 Å². The topological polar surface area (TPSA) is 138 Å². The van der Waals surface area contributed by atoms with Crippen LogP contribution in [0.25, 0.3) is 0 Å². The average molecular weight is 481 g/mol. The first kappa shape index (κ1) is 29.8. The van der Waals surface area contributed by atoms with Crippen molar-refractivity contribution in [3.05, 3.63) is 0 Å². The van der Waals surface area contributed by atoms with Gasteiger partial charge in [-0.05, 0) is 0 Å². The van der Waals surface area contributed by atoms with Crippen LogP contribution in [0.2, 0.25) is 0 Å². The van der Waals surface area contributed by atoms with E-state index in [1.54, 1.807) is 0 Å². The Kier molecular flexibility index (Phi) is 30.5. The second-order valence-electron chi connectivity index (χ2n) is 0.894. The van der Waals surface area contributed by atoms with Crippen LogP contribution in [0.4, 0.5) is 0 Å². The zero-order chi connectivity index (χ0) is 9.00. The summed E-state index contributed by atoms with van der Waals surface area (Å²) in [5.41, 5.74) is 0. The van der Waals surface area contributed by atoms with Crippen molar-refractivity contribution in [1.82, 2.24) is 0 Å². The van der Waals surface area contributed by atoms with Gasteiger partial charge >= 0.3 is 123 Å². The maximum atomic E-state index is 9.05. The van der Waals surface area contributed by atoms with E-state index >= 15 is 0 Å². The van der Waals surface area contributed by atoms with Gasteiger partial charge in [0, 0.05) is 0 Å². The molecule has 3 radical (unpaired) electrons. The molecule has 0 saturated carbocycles. The van der Waals surface area contributed by atoms with E-state index in [9.17, 15) is 0 Å². The SMILES string of the molecule is [Mn+2].[Mn+2].[Mn+2].[O-]P([O-])([O-])=[Se].[O-]P([O-])([O-])=[Se]. The minimum absolute atomic E-state index is 0. The van der Waals surface area contributed by atoms with Gasteiger partial charge in [-0.25, -0.2) is 0 Å². The van der Waals surface area contributed by atoms with Crippen LogP contribution in [-0.2, 0) is 51.2 Å². The minimum atomic E-state index is -4.26. The Labute approximate surface area is 122 Å². The van der Waals surface area contributed by atoms with Gasteiger partial charge in [-0.3, -0.25) is 0 Å². The molecule has 6 nitrogen and oxygen atoms in total. The Morgan fingerprint density at radius 3 is 0.538 bits per heavy atom. The number of rotatable bonds is 0. The molecule has 0 aromatic heterocycles. The Balaban J connectivity index is -0.0000000267. The summed E-state index contributed by atoms with van der Waals surface area (Å²) in [6.45, 7) is 0. The van der Waals surface area contributed by atoms with Gasteiger partial charge in [0.1, 0.15) is 0 Å². The fourth-order valence-electron chi connectivity index (χ4n) is 0. The van der Waals surface area contributed by atoms with Crippen molar-refractivity contribution in [3.63, 3.8) is 0 Å². The van der Waals surface area contributed by atoms with Crippen molar-refractivity contribution in [2.24, 2.45) is 0 Å². The van der Waals surface area contributed by atoms with Crippen LogP contribution >= 0.6 is 12.4 Å². The summed E-state index contributed by atoms with van der Waals surface area (Å²) >= 11 is 2.85. The molecule has 0 aliphatic rings. The van der Waals surface area contributed by atoms with Crippen LogP contribution in [0.15, 0.2) is 0 Å². The molecule has 13 heavy (non-hydrogen) atoms. The summed E-state index contributed by atoms with van der Waals surface area (Å²) in [7, 11) is 0. The first-order valence-corrected chi connectivity index (χ1v) is 8.98. The predicted molar refractivity (Wildman–Crippen MR) is 25.3 cm³/mol. The molecule has 0 spiro atoms. The van der Waals surface area contributed by atoms with Gasteiger partial charge in [0.2, 0.25) is 0 Å². The van der Waals surface area contributed by atoms with Gasteiger partial charge < -0.3 is 0 Å². The Morgan fingerprint density at radius 1 is 0.538 bits per heavy atom. The third-order valence-electron chi connectivity index (χ3n) is 0. The first-order valence-electron chi connectivity index (χ1n) is 1.46. The normalized spacial score (nSPS) is 9.08. The molecule has 79 valence electrons.